The largest absolute Gasteiger partial charge is 0.343 e. The molecule has 0 aliphatic rings. The monoisotopic (exact) mass is 309 g/mol. The summed E-state index contributed by atoms with van der Waals surface area (Å²) in [6.45, 7) is 1.36. The lowest BCUT2D eigenvalue weighted by atomic mass is 10.1. The van der Waals surface area contributed by atoms with Crippen LogP contribution in [0.1, 0.15) is 17.5 Å². The summed E-state index contributed by atoms with van der Waals surface area (Å²) >= 11 is 0. The number of nitrogens with zero attached hydrogens (tertiary/aromatic N) is 2. The number of fused-ring (bicyclic) bond motifs is 1. The third-order valence-corrected chi connectivity index (χ3v) is 4.00. The van der Waals surface area contributed by atoms with Gasteiger partial charge >= 0.3 is 0 Å². The van der Waals surface area contributed by atoms with Gasteiger partial charge in [-0.2, -0.15) is 0 Å². The van der Waals surface area contributed by atoms with Crippen molar-refractivity contribution < 1.29 is 4.92 Å². The number of rotatable bonds is 6. The third kappa shape index (κ3) is 3.24. The van der Waals surface area contributed by atoms with Crippen molar-refractivity contribution in [3.8, 4) is 0 Å². The normalized spacial score (nSPS) is 11.0. The van der Waals surface area contributed by atoms with Crippen LogP contribution in [0.3, 0.4) is 0 Å². The average molecular weight is 309 g/mol. The molecule has 0 unspecified atom stereocenters. The molecule has 0 radical (unpaired) electrons. The lowest BCUT2D eigenvalue weighted by Gasteiger charge is -2.05. The number of nitro groups is 1. The van der Waals surface area contributed by atoms with Gasteiger partial charge in [-0.05, 0) is 36.6 Å². The van der Waals surface area contributed by atoms with Crippen molar-refractivity contribution in [3.05, 3.63) is 76.0 Å². The van der Waals surface area contributed by atoms with Crippen LogP contribution in [0, 0.1) is 10.1 Å². The van der Waals surface area contributed by atoms with Gasteiger partial charge in [-0.15, -0.1) is 0 Å². The first-order valence-corrected chi connectivity index (χ1v) is 7.69. The number of hydrogen-bond acceptors (Lipinski definition) is 3. The van der Waals surface area contributed by atoms with E-state index in [1.54, 1.807) is 12.1 Å². The number of nitro benzene ring substituents is 1. The van der Waals surface area contributed by atoms with E-state index in [-0.39, 0.29) is 10.6 Å². The van der Waals surface area contributed by atoms with Crippen LogP contribution in [0.15, 0.2) is 54.7 Å². The predicted molar refractivity (Wildman–Crippen MR) is 91.5 cm³/mol. The predicted octanol–water partition coefficient (Wildman–Crippen LogP) is 3.49. The molecular formula is C18H19N3O2. The zero-order valence-electron chi connectivity index (χ0n) is 12.8. The Balaban J connectivity index is 2.05. The second kappa shape index (κ2) is 6.62. The SMILES string of the molecule is NCCCc1cn(Cc2ccccc2)c2ccc([N+](=O)[O-])cc12. The molecule has 0 spiro atoms. The maximum Gasteiger partial charge on any atom is 0.270 e. The summed E-state index contributed by atoms with van der Waals surface area (Å²) in [5.41, 5.74) is 9.08. The van der Waals surface area contributed by atoms with Gasteiger partial charge in [0.05, 0.1) is 4.92 Å². The van der Waals surface area contributed by atoms with Gasteiger partial charge in [0, 0.05) is 35.8 Å². The van der Waals surface area contributed by atoms with E-state index in [9.17, 15) is 10.1 Å². The van der Waals surface area contributed by atoms with Crippen LogP contribution >= 0.6 is 0 Å². The molecule has 2 N–H and O–H groups in total. The molecule has 1 aromatic heterocycles. The van der Waals surface area contributed by atoms with Gasteiger partial charge in [0.15, 0.2) is 0 Å². The summed E-state index contributed by atoms with van der Waals surface area (Å²) in [5.74, 6) is 0. The topological polar surface area (TPSA) is 74.1 Å². The Hall–Kier alpha value is -2.66. The first kappa shape index (κ1) is 15.2. The van der Waals surface area contributed by atoms with Crippen molar-refractivity contribution in [3.63, 3.8) is 0 Å². The molecule has 0 bridgehead atoms. The Morgan fingerprint density at radius 3 is 2.61 bits per heavy atom. The molecule has 0 aliphatic carbocycles. The third-order valence-electron chi connectivity index (χ3n) is 4.00. The molecule has 118 valence electrons. The van der Waals surface area contributed by atoms with E-state index < -0.39 is 0 Å². The molecule has 0 fully saturated rings. The number of benzene rings is 2. The molecular weight excluding hydrogens is 290 g/mol. The first-order valence-electron chi connectivity index (χ1n) is 7.69. The van der Waals surface area contributed by atoms with Crippen LogP contribution < -0.4 is 5.73 Å². The molecule has 0 atom stereocenters. The van der Waals surface area contributed by atoms with Crippen molar-refractivity contribution in [2.24, 2.45) is 5.73 Å². The Morgan fingerprint density at radius 2 is 1.91 bits per heavy atom. The highest BCUT2D eigenvalue weighted by molar-refractivity contribution is 5.86. The highest BCUT2D eigenvalue weighted by atomic mass is 16.6. The zero-order chi connectivity index (χ0) is 16.2. The Kier molecular flexibility index (Phi) is 4.39. The smallest absolute Gasteiger partial charge is 0.270 e. The summed E-state index contributed by atoms with van der Waals surface area (Å²) in [6, 6.07) is 15.3. The van der Waals surface area contributed by atoms with Crippen molar-refractivity contribution in [2.75, 3.05) is 6.54 Å². The minimum atomic E-state index is -0.347. The highest BCUT2D eigenvalue weighted by Crippen LogP contribution is 2.27. The number of hydrogen-bond donors (Lipinski definition) is 1. The second-order valence-corrected chi connectivity index (χ2v) is 5.62. The van der Waals surface area contributed by atoms with Crippen molar-refractivity contribution in [1.82, 2.24) is 4.57 Å². The molecule has 5 nitrogen and oxygen atoms in total. The van der Waals surface area contributed by atoms with E-state index in [4.69, 9.17) is 5.73 Å². The molecule has 3 aromatic rings. The van der Waals surface area contributed by atoms with E-state index in [1.807, 2.05) is 24.3 Å². The van der Waals surface area contributed by atoms with E-state index in [0.717, 1.165) is 35.9 Å². The fraction of sp³-hybridized carbons (Fsp3) is 0.222. The van der Waals surface area contributed by atoms with Gasteiger partial charge in [0.2, 0.25) is 0 Å². The molecule has 0 amide bonds. The number of nitrogens with two attached hydrogens (primary N) is 1. The fourth-order valence-electron chi connectivity index (χ4n) is 2.88. The molecule has 5 heteroatoms. The summed E-state index contributed by atoms with van der Waals surface area (Å²) in [7, 11) is 0. The summed E-state index contributed by atoms with van der Waals surface area (Å²) in [5, 5.41) is 12.0. The lowest BCUT2D eigenvalue weighted by Crippen LogP contribution is -2.00. The molecule has 0 saturated heterocycles. The number of non-ortho nitro benzene ring substituents is 1. The van der Waals surface area contributed by atoms with Gasteiger partial charge < -0.3 is 10.3 Å². The maximum atomic E-state index is 11.0. The quantitative estimate of drug-likeness (QED) is 0.559. The average Bonchev–Trinajstić information content (AvgIpc) is 2.91. The van der Waals surface area contributed by atoms with Crippen molar-refractivity contribution >= 4 is 16.6 Å². The van der Waals surface area contributed by atoms with Gasteiger partial charge in [-0.25, -0.2) is 0 Å². The Bertz CT molecular complexity index is 825. The van der Waals surface area contributed by atoms with Gasteiger partial charge in [-0.3, -0.25) is 10.1 Å². The molecule has 0 saturated carbocycles. The van der Waals surface area contributed by atoms with Crippen LogP contribution in [0.2, 0.25) is 0 Å². The molecule has 1 heterocycles. The standard InChI is InChI=1S/C18H19N3O2/c19-10-4-7-15-13-20(12-14-5-2-1-3-6-14)18-9-8-16(21(22)23)11-17(15)18/h1-3,5-6,8-9,11,13H,4,7,10,12,19H2. The van der Waals surface area contributed by atoms with Crippen LogP contribution in [-0.2, 0) is 13.0 Å². The minimum absolute atomic E-state index is 0.129. The van der Waals surface area contributed by atoms with Gasteiger partial charge in [0.25, 0.3) is 5.69 Å². The molecule has 3 rings (SSSR count). The molecule has 0 aliphatic heterocycles. The first-order chi connectivity index (χ1) is 11.2. The summed E-state index contributed by atoms with van der Waals surface area (Å²) in [4.78, 5) is 10.7. The maximum absolute atomic E-state index is 11.0. The summed E-state index contributed by atoms with van der Waals surface area (Å²) < 4.78 is 2.15. The zero-order valence-corrected chi connectivity index (χ0v) is 12.8. The van der Waals surface area contributed by atoms with E-state index in [0.29, 0.717) is 6.54 Å². The second-order valence-electron chi connectivity index (χ2n) is 5.62. The van der Waals surface area contributed by atoms with Crippen LogP contribution in [0.25, 0.3) is 10.9 Å². The van der Waals surface area contributed by atoms with Gasteiger partial charge in [0.1, 0.15) is 0 Å². The number of aromatic nitrogens is 1. The molecule has 2 aromatic carbocycles. The van der Waals surface area contributed by atoms with Gasteiger partial charge in [-0.1, -0.05) is 30.3 Å². The van der Waals surface area contributed by atoms with E-state index >= 15 is 0 Å². The Labute approximate surface area is 134 Å². The molecule has 23 heavy (non-hydrogen) atoms. The van der Waals surface area contributed by atoms with E-state index in [1.165, 1.54) is 5.56 Å². The highest BCUT2D eigenvalue weighted by Gasteiger charge is 2.13. The fourth-order valence-corrected chi connectivity index (χ4v) is 2.88. The Morgan fingerprint density at radius 1 is 1.13 bits per heavy atom. The van der Waals surface area contributed by atoms with Crippen molar-refractivity contribution in [2.45, 2.75) is 19.4 Å². The lowest BCUT2D eigenvalue weighted by molar-refractivity contribution is -0.384. The van der Waals surface area contributed by atoms with E-state index in [2.05, 4.69) is 22.9 Å². The van der Waals surface area contributed by atoms with Crippen LogP contribution in [0.5, 0.6) is 0 Å². The van der Waals surface area contributed by atoms with Crippen LogP contribution in [0.4, 0.5) is 5.69 Å². The number of aryl methyl sites for hydroxylation is 1. The van der Waals surface area contributed by atoms with Crippen molar-refractivity contribution in [1.29, 1.82) is 0 Å². The minimum Gasteiger partial charge on any atom is -0.343 e. The summed E-state index contributed by atoms with van der Waals surface area (Å²) in [6.07, 6.45) is 3.79. The van der Waals surface area contributed by atoms with Crippen LogP contribution in [-0.4, -0.2) is 16.0 Å².